The minimum absolute atomic E-state index is 0.0199. The second-order valence-electron chi connectivity index (χ2n) is 6.65. The van der Waals surface area contributed by atoms with Gasteiger partial charge in [-0.3, -0.25) is 9.78 Å². The summed E-state index contributed by atoms with van der Waals surface area (Å²) in [4.78, 5) is 20.7. The fourth-order valence-corrected chi connectivity index (χ4v) is 3.38. The zero-order chi connectivity index (χ0) is 19.0. The van der Waals surface area contributed by atoms with Gasteiger partial charge in [0, 0.05) is 17.7 Å². The van der Waals surface area contributed by atoms with Crippen molar-refractivity contribution in [1.82, 2.24) is 20.4 Å². The van der Waals surface area contributed by atoms with Crippen LogP contribution in [0.15, 0.2) is 35.0 Å². The predicted octanol–water partition coefficient (Wildman–Crippen LogP) is 3.56. The molecule has 2 aromatic heterocycles. The summed E-state index contributed by atoms with van der Waals surface area (Å²) in [5, 5.41) is 6.94. The molecule has 0 saturated carbocycles. The number of nitrogens with one attached hydrogen (secondary N) is 1. The minimum atomic E-state index is -0.615. The Kier molecular flexibility index (Phi) is 4.43. The first-order valence-corrected chi connectivity index (χ1v) is 8.94. The lowest BCUT2D eigenvalue weighted by Crippen LogP contribution is -2.28. The van der Waals surface area contributed by atoms with E-state index in [1.54, 1.807) is 6.92 Å². The number of carbonyl (C=O) groups excluding carboxylic acids is 1. The largest absolute Gasteiger partial charge is 0.345 e. The van der Waals surface area contributed by atoms with Crippen LogP contribution in [0.2, 0.25) is 0 Å². The number of benzene rings is 1. The highest BCUT2D eigenvalue weighted by Crippen LogP contribution is 2.34. The Bertz CT molecular complexity index is 1010. The number of rotatable bonds is 4. The molecule has 0 aliphatic heterocycles. The van der Waals surface area contributed by atoms with Gasteiger partial charge in [-0.1, -0.05) is 24.2 Å². The molecule has 3 aromatic rings. The van der Waals surface area contributed by atoms with Gasteiger partial charge >= 0.3 is 0 Å². The van der Waals surface area contributed by atoms with Gasteiger partial charge in [-0.05, 0) is 43.0 Å². The van der Waals surface area contributed by atoms with E-state index in [0.717, 1.165) is 35.7 Å². The normalized spacial score (nSPS) is 15.6. The monoisotopic (exact) mass is 366 g/mol. The molecule has 1 aliphatic carbocycles. The van der Waals surface area contributed by atoms with Crippen LogP contribution in [-0.2, 0) is 12.8 Å². The molecule has 27 heavy (non-hydrogen) atoms. The summed E-state index contributed by atoms with van der Waals surface area (Å²) in [5.41, 5.74) is 3.68. The smallest absolute Gasteiger partial charge is 0.254 e. The Hall–Kier alpha value is -3.09. The van der Waals surface area contributed by atoms with E-state index < -0.39 is 11.7 Å². The highest BCUT2D eigenvalue weighted by molar-refractivity contribution is 5.94. The summed E-state index contributed by atoms with van der Waals surface area (Å²) >= 11 is 0. The molecule has 1 atom stereocenters. The van der Waals surface area contributed by atoms with Gasteiger partial charge < -0.3 is 9.84 Å². The summed E-state index contributed by atoms with van der Waals surface area (Å²) < 4.78 is 19.1. The quantitative estimate of drug-likeness (QED) is 0.764. The fraction of sp³-hybridized carbons (Fsp3) is 0.300. The Morgan fingerprint density at radius 2 is 2.22 bits per heavy atom. The first kappa shape index (κ1) is 17.3. The van der Waals surface area contributed by atoms with Crippen molar-refractivity contribution in [2.45, 2.75) is 39.2 Å². The molecule has 2 heterocycles. The van der Waals surface area contributed by atoms with Crippen LogP contribution in [0, 0.1) is 12.7 Å². The van der Waals surface area contributed by atoms with Crippen molar-refractivity contribution in [3.05, 3.63) is 64.6 Å². The molecule has 0 unspecified atom stereocenters. The Morgan fingerprint density at radius 1 is 1.37 bits per heavy atom. The van der Waals surface area contributed by atoms with Gasteiger partial charge in [-0.15, -0.1) is 0 Å². The van der Waals surface area contributed by atoms with Gasteiger partial charge in [0.1, 0.15) is 0 Å². The van der Waals surface area contributed by atoms with Crippen LogP contribution >= 0.6 is 0 Å². The van der Waals surface area contributed by atoms with Crippen LogP contribution in [0.4, 0.5) is 4.39 Å². The summed E-state index contributed by atoms with van der Waals surface area (Å²) in [6.07, 6.45) is 3.36. The Morgan fingerprint density at radius 3 is 3.00 bits per heavy atom. The van der Waals surface area contributed by atoms with Crippen LogP contribution in [-0.4, -0.2) is 21.0 Å². The second kappa shape index (κ2) is 6.90. The zero-order valence-corrected chi connectivity index (χ0v) is 15.1. The molecule has 0 fully saturated rings. The van der Waals surface area contributed by atoms with Crippen molar-refractivity contribution in [2.75, 3.05) is 0 Å². The Balaban J connectivity index is 1.55. The molecule has 0 radical (unpaired) electrons. The molecule has 0 bridgehead atoms. The van der Waals surface area contributed by atoms with Gasteiger partial charge in [0.2, 0.25) is 11.7 Å². The van der Waals surface area contributed by atoms with Crippen molar-refractivity contribution in [2.24, 2.45) is 0 Å². The number of halogens is 1. The molecule has 1 aliphatic rings. The van der Waals surface area contributed by atoms with Gasteiger partial charge in [-0.25, -0.2) is 4.39 Å². The molecule has 0 saturated heterocycles. The second-order valence-corrected chi connectivity index (χ2v) is 6.65. The molecule has 7 heteroatoms. The van der Waals surface area contributed by atoms with Crippen LogP contribution in [0.25, 0.3) is 11.4 Å². The highest BCUT2D eigenvalue weighted by Gasteiger charge is 2.26. The topological polar surface area (TPSA) is 80.9 Å². The fourth-order valence-electron chi connectivity index (χ4n) is 3.38. The van der Waals surface area contributed by atoms with Crippen molar-refractivity contribution in [1.29, 1.82) is 0 Å². The number of fused-ring (bicyclic) bond motifs is 1. The van der Waals surface area contributed by atoms with Gasteiger partial charge in [0.05, 0.1) is 17.8 Å². The van der Waals surface area contributed by atoms with Crippen molar-refractivity contribution in [3.63, 3.8) is 0 Å². The lowest BCUT2D eigenvalue weighted by molar-refractivity contribution is 0.0932. The van der Waals surface area contributed by atoms with Gasteiger partial charge in [-0.2, -0.15) is 4.98 Å². The van der Waals surface area contributed by atoms with E-state index in [2.05, 4.69) is 20.4 Å². The number of carbonyl (C=O) groups is 1. The number of nitrogens with zero attached hydrogens (tertiary/aromatic N) is 3. The highest BCUT2D eigenvalue weighted by atomic mass is 19.1. The van der Waals surface area contributed by atoms with E-state index in [9.17, 15) is 9.18 Å². The first-order chi connectivity index (χ1) is 13.0. The summed E-state index contributed by atoms with van der Waals surface area (Å²) in [6, 6.07) is 7.24. The predicted molar refractivity (Wildman–Crippen MR) is 96.6 cm³/mol. The third-order valence-electron chi connectivity index (χ3n) is 4.79. The molecule has 1 N–H and O–H groups in total. The number of pyridine rings is 1. The molecule has 4 rings (SSSR count). The SMILES string of the molecule is CCc1nc(-c2ccc3c(c2)CC[C@H]3NC(=O)c2cc(C)ncc2F)no1. The number of hydrogen-bond acceptors (Lipinski definition) is 5. The number of amides is 1. The van der Waals surface area contributed by atoms with E-state index in [1.165, 1.54) is 6.07 Å². The Labute approximate surface area is 155 Å². The molecule has 6 nitrogen and oxygen atoms in total. The molecule has 1 amide bonds. The maximum absolute atomic E-state index is 13.9. The number of aryl methyl sites for hydroxylation is 3. The van der Waals surface area contributed by atoms with E-state index in [-0.39, 0.29) is 11.6 Å². The average Bonchev–Trinajstić information content (AvgIpc) is 3.30. The summed E-state index contributed by atoms with van der Waals surface area (Å²) in [6.45, 7) is 3.69. The maximum Gasteiger partial charge on any atom is 0.254 e. The van der Waals surface area contributed by atoms with Crippen molar-refractivity contribution >= 4 is 5.91 Å². The minimum Gasteiger partial charge on any atom is -0.345 e. The molecule has 0 spiro atoms. The van der Waals surface area contributed by atoms with Gasteiger partial charge in [0.15, 0.2) is 5.82 Å². The van der Waals surface area contributed by atoms with E-state index in [4.69, 9.17) is 4.52 Å². The van der Waals surface area contributed by atoms with Crippen LogP contribution in [0.3, 0.4) is 0 Å². The van der Waals surface area contributed by atoms with E-state index in [1.807, 2.05) is 25.1 Å². The first-order valence-electron chi connectivity index (χ1n) is 8.94. The van der Waals surface area contributed by atoms with Crippen molar-refractivity contribution in [3.8, 4) is 11.4 Å². The van der Waals surface area contributed by atoms with Gasteiger partial charge in [0.25, 0.3) is 5.91 Å². The van der Waals surface area contributed by atoms with Crippen LogP contribution in [0.1, 0.15) is 52.5 Å². The zero-order valence-electron chi connectivity index (χ0n) is 15.1. The molecular weight excluding hydrogens is 347 g/mol. The molecule has 138 valence electrons. The number of hydrogen-bond donors (Lipinski definition) is 1. The molecule has 1 aromatic carbocycles. The average molecular weight is 366 g/mol. The standard InChI is InChI=1S/C20H19FN4O2/c1-3-18-24-19(25-27-18)13-4-6-14-12(9-13)5-7-17(14)23-20(26)15-8-11(2)22-10-16(15)21/h4,6,8-10,17H,3,5,7H2,1-2H3,(H,23,26)/t17-/m1/s1. The maximum atomic E-state index is 13.9. The third-order valence-corrected chi connectivity index (χ3v) is 4.79. The molecular formula is C20H19FN4O2. The third kappa shape index (κ3) is 3.32. The summed E-state index contributed by atoms with van der Waals surface area (Å²) in [5.74, 6) is 0.128. The van der Waals surface area contributed by atoms with Crippen LogP contribution < -0.4 is 5.32 Å². The lowest BCUT2D eigenvalue weighted by atomic mass is 10.0. The van der Waals surface area contributed by atoms with Crippen LogP contribution in [0.5, 0.6) is 0 Å². The van der Waals surface area contributed by atoms with E-state index >= 15 is 0 Å². The summed E-state index contributed by atoms with van der Waals surface area (Å²) in [7, 11) is 0. The lowest BCUT2D eigenvalue weighted by Gasteiger charge is -2.15. The van der Waals surface area contributed by atoms with E-state index in [0.29, 0.717) is 23.8 Å². The number of aromatic nitrogens is 3. The van der Waals surface area contributed by atoms with Crippen molar-refractivity contribution < 1.29 is 13.7 Å².